The van der Waals surface area contributed by atoms with Crippen LogP contribution in [0.15, 0.2) is 36.4 Å². The lowest BCUT2D eigenvalue weighted by Gasteiger charge is -2.27. The van der Waals surface area contributed by atoms with Gasteiger partial charge in [-0.25, -0.2) is 16.8 Å². The van der Waals surface area contributed by atoms with Gasteiger partial charge in [-0.15, -0.1) is 0 Å². The van der Waals surface area contributed by atoms with E-state index in [4.69, 9.17) is 16.6 Å². The Hall–Kier alpha value is -4.98. The standard InChI is InChI=1S/C18H23N5O3S.C11H13NO2.C7H12N4O2S/c1-11-4-3-5-12-13(6-8-20-16(11)12)18(24)23-17(19)14-7-9-22(27(2,25)26)10-15(14)21-23;1-7-3-2-4-8-9(11(13)14)5-6-12-10(7)8;1-14(12,13)11-3-2-5-6(4-11)9-10-7(5)8/h3-5,13,20H,6-10,19H2,1-2H3;2-4,9,12H,5-6H2,1H3,(H,13,14);2-4H2,1H3,(H3,8,9,10). The number of anilines is 4. The lowest BCUT2D eigenvalue weighted by atomic mass is 9.88. The molecule has 8 N–H and O–H groups in total. The Morgan fingerprint density at radius 3 is 1.89 bits per heavy atom. The summed E-state index contributed by atoms with van der Waals surface area (Å²) in [5, 5.41) is 26.7. The Morgan fingerprint density at radius 2 is 1.33 bits per heavy atom. The van der Waals surface area contributed by atoms with Crippen LogP contribution in [-0.2, 0) is 50.8 Å². The predicted octanol–water partition coefficient (Wildman–Crippen LogP) is 2.62. The number of rotatable bonds is 4. The molecule has 0 fully saturated rings. The predicted molar refractivity (Wildman–Crippen MR) is 210 cm³/mol. The Balaban J connectivity index is 0.000000155. The van der Waals surface area contributed by atoms with Crippen molar-refractivity contribution in [2.24, 2.45) is 0 Å². The van der Waals surface area contributed by atoms with Gasteiger partial charge in [-0.2, -0.15) is 23.5 Å². The lowest BCUT2D eigenvalue weighted by molar-refractivity contribution is -0.138. The summed E-state index contributed by atoms with van der Waals surface area (Å²) in [6.45, 7) is 6.79. The van der Waals surface area contributed by atoms with E-state index in [1.807, 2.05) is 50.2 Å². The fourth-order valence-corrected chi connectivity index (χ4v) is 9.11. The highest BCUT2D eigenvalue weighted by Crippen LogP contribution is 2.37. The van der Waals surface area contributed by atoms with Crippen LogP contribution in [0.25, 0.3) is 0 Å². The number of hydrogen-bond acceptors (Lipinski definition) is 12. The normalized spacial score (nSPS) is 19.3. The van der Waals surface area contributed by atoms with E-state index in [1.54, 1.807) is 0 Å². The Morgan fingerprint density at radius 1 is 0.800 bits per heavy atom. The van der Waals surface area contributed by atoms with Crippen LogP contribution in [0.2, 0.25) is 0 Å². The third-order valence-corrected chi connectivity index (χ3v) is 13.0. The molecule has 2 aromatic heterocycles. The maximum absolute atomic E-state index is 13.3. The number of nitrogen functional groups attached to an aromatic ring is 2. The maximum Gasteiger partial charge on any atom is 0.311 e. The molecule has 4 aliphatic rings. The van der Waals surface area contributed by atoms with E-state index >= 15 is 0 Å². The number of para-hydroxylation sites is 2. The first-order valence-corrected chi connectivity index (χ1v) is 21.7. The van der Waals surface area contributed by atoms with Gasteiger partial charge in [0.1, 0.15) is 11.6 Å². The van der Waals surface area contributed by atoms with Gasteiger partial charge >= 0.3 is 5.97 Å². The van der Waals surface area contributed by atoms with Crippen LogP contribution in [0.5, 0.6) is 0 Å². The molecule has 0 bridgehead atoms. The van der Waals surface area contributed by atoms with Crippen LogP contribution in [0.4, 0.5) is 23.0 Å². The van der Waals surface area contributed by atoms with Crippen LogP contribution in [0, 0.1) is 13.8 Å². The van der Waals surface area contributed by atoms with Crippen molar-refractivity contribution in [2.45, 2.75) is 64.5 Å². The fraction of sp³-hybridized carbons (Fsp3) is 0.444. The first kappa shape index (κ1) is 39.7. The number of benzene rings is 2. The molecule has 17 nitrogen and oxygen atoms in total. The van der Waals surface area contributed by atoms with Gasteiger partial charge in [-0.3, -0.25) is 14.7 Å². The molecular weight excluding hydrogens is 749 g/mol. The van der Waals surface area contributed by atoms with E-state index in [0.717, 1.165) is 57.0 Å². The molecule has 55 heavy (non-hydrogen) atoms. The zero-order valence-corrected chi connectivity index (χ0v) is 32.9. The summed E-state index contributed by atoms with van der Waals surface area (Å²) in [6.07, 6.45) is 4.81. The number of carboxylic acid groups (broad SMARTS) is 1. The second kappa shape index (κ2) is 15.6. The van der Waals surface area contributed by atoms with Crippen molar-refractivity contribution in [1.29, 1.82) is 0 Å². The van der Waals surface area contributed by atoms with Gasteiger partial charge in [0.25, 0.3) is 5.91 Å². The zero-order valence-electron chi connectivity index (χ0n) is 31.3. The van der Waals surface area contributed by atoms with Crippen molar-refractivity contribution in [3.8, 4) is 0 Å². The molecule has 0 aliphatic carbocycles. The molecule has 0 spiro atoms. The number of nitrogens with one attached hydrogen (secondary N) is 3. The van der Waals surface area contributed by atoms with E-state index < -0.39 is 26.0 Å². The molecule has 0 saturated heterocycles. The van der Waals surface area contributed by atoms with Gasteiger partial charge < -0.3 is 27.2 Å². The summed E-state index contributed by atoms with van der Waals surface area (Å²) in [5.41, 5.74) is 21.0. The third kappa shape index (κ3) is 8.34. The molecule has 296 valence electrons. The minimum Gasteiger partial charge on any atom is -0.481 e. The lowest BCUT2D eigenvalue weighted by Crippen LogP contribution is -2.35. The van der Waals surface area contributed by atoms with Gasteiger partial charge in [0.15, 0.2) is 0 Å². The molecule has 4 aromatic rings. The summed E-state index contributed by atoms with van der Waals surface area (Å²) in [5.74, 6) is -0.745. The van der Waals surface area contributed by atoms with Crippen LogP contribution in [0.3, 0.4) is 0 Å². The number of aliphatic carboxylic acids is 1. The number of aromatic amines is 1. The average Bonchev–Trinajstić information content (AvgIpc) is 3.69. The fourth-order valence-electron chi connectivity index (χ4n) is 7.54. The quantitative estimate of drug-likeness (QED) is 0.174. The van der Waals surface area contributed by atoms with Crippen molar-refractivity contribution >= 4 is 54.9 Å². The highest BCUT2D eigenvalue weighted by atomic mass is 32.2. The number of carbonyl (C=O) groups excluding carboxylic acids is 1. The SMILES string of the molecule is CS(=O)(=O)N1CCc2c(N)n[nH]c2C1.Cc1cccc2c1NCCC2C(=O)O.Cc1cccc2c1NCCC2C(=O)n1nc2c(c1N)CCN(S(C)(=O)=O)C2. The van der Waals surface area contributed by atoms with Gasteiger partial charge in [0, 0.05) is 48.7 Å². The molecule has 0 saturated carbocycles. The van der Waals surface area contributed by atoms with Crippen molar-refractivity contribution in [2.75, 3.05) is 60.8 Å². The molecule has 19 heteroatoms. The van der Waals surface area contributed by atoms with E-state index in [9.17, 15) is 26.4 Å². The minimum atomic E-state index is -3.31. The van der Waals surface area contributed by atoms with Crippen LogP contribution >= 0.6 is 0 Å². The number of carbonyl (C=O) groups is 2. The monoisotopic (exact) mass is 796 g/mol. The number of H-pyrrole nitrogens is 1. The molecular formula is C36H48N10O7S2. The largest absolute Gasteiger partial charge is 0.481 e. The highest BCUT2D eigenvalue weighted by Gasteiger charge is 2.34. The summed E-state index contributed by atoms with van der Waals surface area (Å²) in [6, 6.07) is 11.7. The summed E-state index contributed by atoms with van der Waals surface area (Å²) in [7, 11) is -6.42. The summed E-state index contributed by atoms with van der Waals surface area (Å²) >= 11 is 0. The van der Waals surface area contributed by atoms with E-state index in [0.29, 0.717) is 69.2 Å². The summed E-state index contributed by atoms with van der Waals surface area (Å²) < 4.78 is 50.2. The second-order valence-electron chi connectivity index (χ2n) is 14.3. The number of nitrogens with two attached hydrogens (primary N) is 2. The average molecular weight is 797 g/mol. The Kier molecular flexibility index (Phi) is 11.3. The van der Waals surface area contributed by atoms with Gasteiger partial charge in [0.2, 0.25) is 20.0 Å². The van der Waals surface area contributed by atoms with Crippen LogP contribution in [-0.4, -0.2) is 101 Å². The summed E-state index contributed by atoms with van der Waals surface area (Å²) in [4.78, 5) is 24.3. The van der Waals surface area contributed by atoms with Crippen molar-refractivity contribution < 1.29 is 31.5 Å². The van der Waals surface area contributed by atoms with Crippen molar-refractivity contribution in [3.63, 3.8) is 0 Å². The van der Waals surface area contributed by atoms with E-state index in [1.165, 1.54) is 25.8 Å². The van der Waals surface area contributed by atoms with Crippen LogP contribution < -0.4 is 22.1 Å². The number of fused-ring (bicyclic) bond motifs is 4. The molecule has 4 aliphatic heterocycles. The van der Waals surface area contributed by atoms with Gasteiger partial charge in [-0.1, -0.05) is 36.4 Å². The second-order valence-corrected chi connectivity index (χ2v) is 18.2. The van der Waals surface area contributed by atoms with Crippen molar-refractivity contribution in [1.82, 2.24) is 28.6 Å². The first-order valence-electron chi connectivity index (χ1n) is 18.0. The molecule has 2 unspecified atom stereocenters. The minimum absolute atomic E-state index is 0.153. The Bertz CT molecular complexity index is 2340. The number of hydrogen-bond donors (Lipinski definition) is 6. The van der Waals surface area contributed by atoms with Gasteiger partial charge in [0.05, 0.1) is 48.8 Å². The molecule has 2 aromatic carbocycles. The molecule has 6 heterocycles. The molecule has 0 radical (unpaired) electrons. The highest BCUT2D eigenvalue weighted by molar-refractivity contribution is 7.88. The zero-order chi connectivity index (χ0) is 39.8. The van der Waals surface area contributed by atoms with Gasteiger partial charge in [-0.05, 0) is 61.8 Å². The maximum atomic E-state index is 13.3. The number of sulfonamides is 2. The van der Waals surface area contributed by atoms with E-state index in [-0.39, 0.29) is 24.3 Å². The molecule has 2 atom stereocenters. The smallest absolute Gasteiger partial charge is 0.311 e. The number of nitrogens with zero attached hydrogens (tertiary/aromatic N) is 5. The number of aryl methyl sites for hydroxylation is 2. The first-order chi connectivity index (χ1) is 26.0. The Labute approximate surface area is 320 Å². The topological polar surface area (TPSA) is 252 Å². The third-order valence-electron chi connectivity index (χ3n) is 10.5. The molecule has 8 rings (SSSR count). The van der Waals surface area contributed by atoms with E-state index in [2.05, 4.69) is 25.9 Å². The van der Waals surface area contributed by atoms with Crippen LogP contribution in [0.1, 0.15) is 74.2 Å². The number of carboxylic acids is 1. The molecule has 0 amide bonds. The van der Waals surface area contributed by atoms with Crippen molar-refractivity contribution in [3.05, 3.63) is 81.2 Å². The number of aromatic nitrogens is 4.